The monoisotopic (exact) mass is 254 g/mol. The highest BCUT2D eigenvalue weighted by Crippen LogP contribution is 2.36. The van der Waals surface area contributed by atoms with Gasteiger partial charge in [-0.2, -0.15) is 0 Å². The van der Waals surface area contributed by atoms with Crippen LogP contribution in [0.15, 0.2) is 0 Å². The second-order valence-corrected chi connectivity index (χ2v) is 5.66. The zero-order valence-electron chi connectivity index (χ0n) is 10.7. The number of hydrogen-bond donors (Lipinski definition) is 1. The highest BCUT2D eigenvalue weighted by atomic mass is 32.1. The minimum atomic E-state index is 0.174. The van der Waals surface area contributed by atoms with Crippen LogP contribution in [-0.2, 0) is 11.2 Å². The van der Waals surface area contributed by atoms with Crippen molar-refractivity contribution in [3.8, 4) is 0 Å². The fourth-order valence-electron chi connectivity index (χ4n) is 2.35. The fraction of sp³-hybridized carbons (Fsp3) is 0.769. The molecule has 2 unspecified atom stereocenters. The maximum atomic E-state index is 6.14. The molecule has 0 saturated carbocycles. The summed E-state index contributed by atoms with van der Waals surface area (Å²) in [6, 6.07) is 0.203. The van der Waals surface area contributed by atoms with E-state index < -0.39 is 0 Å². The zero-order valence-corrected chi connectivity index (χ0v) is 11.6. The van der Waals surface area contributed by atoms with Crippen molar-refractivity contribution in [1.29, 1.82) is 0 Å². The second kappa shape index (κ2) is 5.94. The van der Waals surface area contributed by atoms with Crippen LogP contribution in [0, 0.1) is 0 Å². The molecule has 2 N–H and O–H groups in total. The van der Waals surface area contributed by atoms with E-state index in [9.17, 15) is 0 Å². The summed E-state index contributed by atoms with van der Waals surface area (Å²) >= 11 is 1.77. The van der Waals surface area contributed by atoms with E-state index in [1.54, 1.807) is 11.3 Å². The Bertz CT molecular complexity index is 358. The lowest BCUT2D eigenvalue weighted by molar-refractivity contribution is 0.0554. The molecule has 1 heterocycles. The van der Waals surface area contributed by atoms with E-state index in [-0.39, 0.29) is 12.1 Å². The minimum Gasteiger partial charge on any atom is -0.371 e. The summed E-state index contributed by atoms with van der Waals surface area (Å²) in [6.07, 6.45) is 5.71. The Kier molecular flexibility index (Phi) is 4.54. The number of nitrogens with two attached hydrogens (primary N) is 1. The van der Waals surface area contributed by atoms with E-state index in [1.807, 2.05) is 6.92 Å². The third-order valence-electron chi connectivity index (χ3n) is 3.20. The van der Waals surface area contributed by atoms with Crippen LogP contribution in [0.5, 0.6) is 0 Å². The third-order valence-corrected chi connectivity index (χ3v) is 4.53. The van der Waals surface area contributed by atoms with Gasteiger partial charge in [-0.1, -0.05) is 13.3 Å². The molecule has 17 heavy (non-hydrogen) atoms. The molecular weight excluding hydrogens is 232 g/mol. The van der Waals surface area contributed by atoms with Gasteiger partial charge >= 0.3 is 0 Å². The quantitative estimate of drug-likeness (QED) is 0.876. The van der Waals surface area contributed by atoms with Crippen molar-refractivity contribution in [2.75, 3.05) is 6.61 Å². The van der Waals surface area contributed by atoms with Crippen LogP contribution in [0.4, 0.5) is 0 Å². The molecule has 3 nitrogen and oxygen atoms in total. The molecule has 1 aliphatic carbocycles. The Morgan fingerprint density at radius 2 is 2.35 bits per heavy atom. The molecule has 96 valence electrons. The van der Waals surface area contributed by atoms with Crippen LogP contribution in [0.1, 0.15) is 67.3 Å². The molecule has 0 bridgehead atoms. The Balaban J connectivity index is 2.19. The zero-order chi connectivity index (χ0) is 12.3. The molecule has 0 fully saturated rings. The van der Waals surface area contributed by atoms with Gasteiger partial charge < -0.3 is 10.5 Å². The van der Waals surface area contributed by atoms with Crippen LogP contribution in [0.25, 0.3) is 0 Å². The molecule has 0 saturated heterocycles. The average Bonchev–Trinajstić information content (AvgIpc) is 2.74. The smallest absolute Gasteiger partial charge is 0.122 e. The van der Waals surface area contributed by atoms with E-state index in [0.29, 0.717) is 0 Å². The Morgan fingerprint density at radius 3 is 3.00 bits per heavy atom. The van der Waals surface area contributed by atoms with E-state index in [4.69, 9.17) is 15.5 Å². The summed E-state index contributed by atoms with van der Waals surface area (Å²) in [5.41, 5.74) is 7.36. The first-order valence-corrected chi connectivity index (χ1v) is 7.44. The number of aryl methyl sites for hydroxylation is 1. The summed E-state index contributed by atoms with van der Waals surface area (Å²) in [4.78, 5) is 6.05. The summed E-state index contributed by atoms with van der Waals surface area (Å²) in [5, 5.41) is 1.14. The summed E-state index contributed by atoms with van der Waals surface area (Å²) in [5.74, 6) is 0. The highest BCUT2D eigenvalue weighted by molar-refractivity contribution is 7.11. The average molecular weight is 254 g/mol. The van der Waals surface area contributed by atoms with Crippen LogP contribution >= 0.6 is 11.3 Å². The normalized spacial score (nSPS) is 21.2. The van der Waals surface area contributed by atoms with Gasteiger partial charge in [0.2, 0.25) is 0 Å². The van der Waals surface area contributed by atoms with E-state index >= 15 is 0 Å². The van der Waals surface area contributed by atoms with Crippen LogP contribution < -0.4 is 5.73 Å². The lowest BCUT2D eigenvalue weighted by Gasteiger charge is -2.15. The van der Waals surface area contributed by atoms with Gasteiger partial charge in [-0.15, -0.1) is 11.3 Å². The molecule has 2 atom stereocenters. The third kappa shape index (κ3) is 2.87. The van der Waals surface area contributed by atoms with Gasteiger partial charge in [0.05, 0.1) is 5.69 Å². The molecule has 0 amide bonds. The van der Waals surface area contributed by atoms with E-state index in [2.05, 4.69) is 6.92 Å². The lowest BCUT2D eigenvalue weighted by atomic mass is 9.99. The van der Waals surface area contributed by atoms with Gasteiger partial charge in [-0.05, 0) is 32.6 Å². The van der Waals surface area contributed by atoms with Gasteiger partial charge in [0.25, 0.3) is 0 Å². The number of ether oxygens (including phenoxy) is 1. The topological polar surface area (TPSA) is 48.1 Å². The van der Waals surface area contributed by atoms with E-state index in [1.165, 1.54) is 17.0 Å². The van der Waals surface area contributed by atoms with Crippen LogP contribution in [0.2, 0.25) is 0 Å². The van der Waals surface area contributed by atoms with Crippen LogP contribution in [0.3, 0.4) is 0 Å². The van der Waals surface area contributed by atoms with Gasteiger partial charge in [0, 0.05) is 17.5 Å². The SMILES string of the molecule is CCCC(OCC)c1nc2c(s1)C(N)CCC2. The number of rotatable bonds is 5. The molecule has 1 aliphatic rings. The van der Waals surface area contributed by atoms with Crippen molar-refractivity contribution >= 4 is 11.3 Å². The van der Waals surface area contributed by atoms with Crippen molar-refractivity contribution in [2.45, 2.75) is 58.1 Å². The molecular formula is C13H22N2OS. The fourth-order valence-corrected chi connectivity index (χ4v) is 3.58. The summed E-state index contributed by atoms with van der Waals surface area (Å²) in [6.45, 7) is 4.98. The van der Waals surface area contributed by atoms with Crippen molar-refractivity contribution in [3.63, 3.8) is 0 Å². The van der Waals surface area contributed by atoms with Crippen molar-refractivity contribution in [1.82, 2.24) is 4.98 Å². The maximum Gasteiger partial charge on any atom is 0.122 e. The minimum absolute atomic E-state index is 0.174. The maximum absolute atomic E-state index is 6.14. The molecule has 1 aromatic heterocycles. The first kappa shape index (κ1) is 13.0. The van der Waals surface area contributed by atoms with E-state index in [0.717, 1.165) is 37.3 Å². The van der Waals surface area contributed by atoms with Crippen LogP contribution in [-0.4, -0.2) is 11.6 Å². The molecule has 1 aromatic rings. The summed E-state index contributed by atoms with van der Waals surface area (Å²) < 4.78 is 5.79. The standard InChI is InChI=1S/C13H22N2OS/c1-3-6-11(16-4-2)13-15-10-8-5-7-9(14)12(10)17-13/h9,11H,3-8,14H2,1-2H3. The van der Waals surface area contributed by atoms with Gasteiger partial charge in [-0.25, -0.2) is 4.98 Å². The predicted molar refractivity (Wildman–Crippen MR) is 71.3 cm³/mol. The molecule has 0 spiro atoms. The van der Waals surface area contributed by atoms with Gasteiger partial charge in [0.1, 0.15) is 11.1 Å². The van der Waals surface area contributed by atoms with Gasteiger partial charge in [0.15, 0.2) is 0 Å². The van der Waals surface area contributed by atoms with Crippen molar-refractivity contribution < 1.29 is 4.74 Å². The first-order valence-electron chi connectivity index (χ1n) is 6.62. The molecule has 4 heteroatoms. The number of hydrogen-bond acceptors (Lipinski definition) is 4. The number of nitrogens with zero attached hydrogens (tertiary/aromatic N) is 1. The lowest BCUT2D eigenvalue weighted by Crippen LogP contribution is -2.15. The number of fused-ring (bicyclic) bond motifs is 1. The number of aromatic nitrogens is 1. The summed E-state index contributed by atoms with van der Waals surface area (Å²) in [7, 11) is 0. The Hall–Kier alpha value is -0.450. The predicted octanol–water partition coefficient (Wildman–Crippen LogP) is 3.36. The van der Waals surface area contributed by atoms with Gasteiger partial charge in [-0.3, -0.25) is 0 Å². The largest absolute Gasteiger partial charge is 0.371 e. The first-order chi connectivity index (χ1) is 8.26. The second-order valence-electron chi connectivity index (χ2n) is 4.59. The Morgan fingerprint density at radius 1 is 1.53 bits per heavy atom. The Labute approximate surface area is 107 Å². The van der Waals surface area contributed by atoms with Crippen molar-refractivity contribution in [2.24, 2.45) is 5.73 Å². The molecule has 2 rings (SSSR count). The highest BCUT2D eigenvalue weighted by Gasteiger charge is 2.24. The molecule has 0 aliphatic heterocycles. The molecule has 0 radical (unpaired) electrons. The number of thiazole rings is 1. The van der Waals surface area contributed by atoms with Crippen molar-refractivity contribution in [3.05, 3.63) is 15.6 Å². The molecule has 0 aromatic carbocycles.